The molecular weight excluding hydrogens is 202 g/mol. The third-order valence-electron chi connectivity index (χ3n) is 2.72. The SMILES string of the molecule is CN(C)C(=O)N1CCN(CC(C)(C)C)CC1. The molecule has 1 aliphatic heterocycles. The smallest absolute Gasteiger partial charge is 0.319 e. The van der Waals surface area contributed by atoms with Crippen molar-refractivity contribution in [2.24, 2.45) is 5.41 Å². The molecule has 0 aromatic heterocycles. The average Bonchev–Trinajstić information content (AvgIpc) is 2.15. The van der Waals surface area contributed by atoms with Crippen LogP contribution in [0.5, 0.6) is 0 Å². The van der Waals surface area contributed by atoms with Gasteiger partial charge in [-0.05, 0) is 5.41 Å². The zero-order chi connectivity index (χ0) is 12.3. The molecule has 1 rings (SSSR count). The van der Waals surface area contributed by atoms with Gasteiger partial charge in [0.2, 0.25) is 0 Å². The van der Waals surface area contributed by atoms with Gasteiger partial charge in [0.05, 0.1) is 0 Å². The molecule has 2 amide bonds. The van der Waals surface area contributed by atoms with Gasteiger partial charge in [-0.1, -0.05) is 20.8 Å². The standard InChI is InChI=1S/C12H25N3O/c1-12(2,3)10-14-6-8-15(9-7-14)11(16)13(4)5/h6-10H2,1-5H3. The second-order valence-corrected chi connectivity index (χ2v) is 6.00. The van der Waals surface area contributed by atoms with Crippen LogP contribution in [0.3, 0.4) is 0 Å². The Kier molecular flexibility index (Phi) is 4.19. The Bertz CT molecular complexity index is 237. The maximum Gasteiger partial charge on any atom is 0.319 e. The van der Waals surface area contributed by atoms with Gasteiger partial charge in [0.1, 0.15) is 0 Å². The molecular formula is C12H25N3O. The molecule has 1 saturated heterocycles. The number of hydrogen-bond acceptors (Lipinski definition) is 2. The Labute approximate surface area is 99.2 Å². The van der Waals surface area contributed by atoms with Crippen LogP contribution in [0.2, 0.25) is 0 Å². The van der Waals surface area contributed by atoms with Crippen molar-refractivity contribution < 1.29 is 4.79 Å². The summed E-state index contributed by atoms with van der Waals surface area (Å²) in [5.74, 6) is 0. The molecule has 0 aromatic carbocycles. The van der Waals surface area contributed by atoms with Crippen LogP contribution < -0.4 is 0 Å². The number of rotatable bonds is 1. The third-order valence-corrected chi connectivity index (χ3v) is 2.72. The second-order valence-electron chi connectivity index (χ2n) is 6.00. The lowest BCUT2D eigenvalue weighted by Crippen LogP contribution is -2.52. The molecule has 0 aliphatic carbocycles. The molecule has 1 fully saturated rings. The van der Waals surface area contributed by atoms with Crippen molar-refractivity contribution in [1.82, 2.24) is 14.7 Å². The van der Waals surface area contributed by atoms with Crippen molar-refractivity contribution in [3.05, 3.63) is 0 Å². The minimum Gasteiger partial charge on any atom is -0.331 e. The molecule has 1 aliphatic rings. The maximum absolute atomic E-state index is 11.7. The summed E-state index contributed by atoms with van der Waals surface area (Å²) in [5, 5.41) is 0. The summed E-state index contributed by atoms with van der Waals surface area (Å²) in [5.41, 5.74) is 0.341. The molecule has 4 nitrogen and oxygen atoms in total. The second kappa shape index (κ2) is 5.04. The molecule has 94 valence electrons. The van der Waals surface area contributed by atoms with Crippen molar-refractivity contribution in [3.63, 3.8) is 0 Å². The lowest BCUT2D eigenvalue weighted by atomic mass is 9.96. The largest absolute Gasteiger partial charge is 0.331 e. The maximum atomic E-state index is 11.7. The summed E-state index contributed by atoms with van der Waals surface area (Å²) < 4.78 is 0. The average molecular weight is 227 g/mol. The Hall–Kier alpha value is -0.770. The van der Waals surface area contributed by atoms with Gasteiger partial charge in [-0.3, -0.25) is 4.90 Å². The van der Waals surface area contributed by atoms with Crippen LogP contribution in [0.25, 0.3) is 0 Å². The molecule has 0 bridgehead atoms. The lowest BCUT2D eigenvalue weighted by molar-refractivity contribution is 0.103. The quantitative estimate of drug-likeness (QED) is 0.676. The first-order valence-electron chi connectivity index (χ1n) is 5.98. The summed E-state index contributed by atoms with van der Waals surface area (Å²) in [6.45, 7) is 11.6. The topological polar surface area (TPSA) is 26.8 Å². The van der Waals surface area contributed by atoms with E-state index >= 15 is 0 Å². The van der Waals surface area contributed by atoms with Crippen LogP contribution >= 0.6 is 0 Å². The van der Waals surface area contributed by atoms with E-state index < -0.39 is 0 Å². The first-order chi connectivity index (χ1) is 7.29. The van der Waals surface area contributed by atoms with Crippen LogP contribution in [0, 0.1) is 5.41 Å². The van der Waals surface area contributed by atoms with E-state index in [9.17, 15) is 4.79 Å². The molecule has 0 spiro atoms. The van der Waals surface area contributed by atoms with Gasteiger partial charge >= 0.3 is 6.03 Å². The van der Waals surface area contributed by atoms with Gasteiger partial charge < -0.3 is 9.80 Å². The van der Waals surface area contributed by atoms with Crippen LogP contribution in [0.15, 0.2) is 0 Å². The Balaban J connectivity index is 2.37. The molecule has 16 heavy (non-hydrogen) atoms. The van der Waals surface area contributed by atoms with Crippen LogP contribution in [-0.4, -0.2) is 67.5 Å². The van der Waals surface area contributed by atoms with E-state index in [0.717, 1.165) is 32.7 Å². The molecule has 1 heterocycles. The zero-order valence-electron chi connectivity index (χ0n) is 11.3. The fourth-order valence-corrected chi connectivity index (χ4v) is 2.05. The minimum absolute atomic E-state index is 0.135. The Morgan fingerprint density at radius 2 is 1.62 bits per heavy atom. The fraction of sp³-hybridized carbons (Fsp3) is 0.917. The highest BCUT2D eigenvalue weighted by molar-refractivity contribution is 5.73. The number of nitrogens with zero attached hydrogens (tertiary/aromatic N) is 3. The zero-order valence-corrected chi connectivity index (χ0v) is 11.3. The Morgan fingerprint density at radius 1 is 1.12 bits per heavy atom. The van der Waals surface area contributed by atoms with Crippen LogP contribution in [0.4, 0.5) is 4.79 Å². The fourth-order valence-electron chi connectivity index (χ4n) is 2.05. The highest BCUT2D eigenvalue weighted by atomic mass is 16.2. The van der Waals surface area contributed by atoms with E-state index in [-0.39, 0.29) is 6.03 Å². The minimum atomic E-state index is 0.135. The number of piperazine rings is 1. The van der Waals surface area contributed by atoms with Gasteiger partial charge in [-0.15, -0.1) is 0 Å². The Morgan fingerprint density at radius 3 is 2.00 bits per heavy atom. The van der Waals surface area contributed by atoms with E-state index in [0.29, 0.717) is 5.41 Å². The predicted molar refractivity (Wildman–Crippen MR) is 66.6 cm³/mol. The van der Waals surface area contributed by atoms with Crippen molar-refractivity contribution in [2.75, 3.05) is 46.8 Å². The van der Waals surface area contributed by atoms with Gasteiger partial charge in [-0.2, -0.15) is 0 Å². The van der Waals surface area contributed by atoms with Crippen molar-refractivity contribution in [3.8, 4) is 0 Å². The molecule has 0 atom stereocenters. The molecule has 0 saturated carbocycles. The lowest BCUT2D eigenvalue weighted by Gasteiger charge is -2.38. The number of hydrogen-bond donors (Lipinski definition) is 0. The molecule has 0 aromatic rings. The van der Waals surface area contributed by atoms with Crippen molar-refractivity contribution in [2.45, 2.75) is 20.8 Å². The number of carbonyl (C=O) groups excluding carboxylic acids is 1. The predicted octanol–water partition coefficient (Wildman–Crippen LogP) is 1.33. The first kappa shape index (κ1) is 13.3. The van der Waals surface area contributed by atoms with Gasteiger partial charge in [0.25, 0.3) is 0 Å². The van der Waals surface area contributed by atoms with Gasteiger partial charge in [-0.25, -0.2) is 4.79 Å². The highest BCUT2D eigenvalue weighted by Gasteiger charge is 2.24. The van der Waals surface area contributed by atoms with Crippen LogP contribution in [-0.2, 0) is 0 Å². The summed E-state index contributed by atoms with van der Waals surface area (Å²) in [6.07, 6.45) is 0. The monoisotopic (exact) mass is 227 g/mol. The third kappa shape index (κ3) is 4.00. The summed E-state index contributed by atoms with van der Waals surface area (Å²) in [7, 11) is 3.62. The van der Waals surface area contributed by atoms with E-state index in [1.165, 1.54) is 0 Å². The number of carbonyl (C=O) groups is 1. The van der Waals surface area contributed by atoms with E-state index in [2.05, 4.69) is 25.7 Å². The summed E-state index contributed by atoms with van der Waals surface area (Å²) in [4.78, 5) is 17.7. The number of amides is 2. The first-order valence-corrected chi connectivity index (χ1v) is 5.98. The molecule has 0 unspecified atom stereocenters. The van der Waals surface area contributed by atoms with Crippen molar-refractivity contribution >= 4 is 6.03 Å². The summed E-state index contributed by atoms with van der Waals surface area (Å²) >= 11 is 0. The van der Waals surface area contributed by atoms with E-state index in [1.807, 2.05) is 19.0 Å². The van der Waals surface area contributed by atoms with Gasteiger partial charge in [0.15, 0.2) is 0 Å². The molecule has 4 heteroatoms. The normalized spacial score (nSPS) is 18.7. The summed E-state index contributed by atoms with van der Waals surface area (Å²) in [6, 6.07) is 0.135. The van der Waals surface area contributed by atoms with Crippen molar-refractivity contribution in [1.29, 1.82) is 0 Å². The van der Waals surface area contributed by atoms with E-state index in [1.54, 1.807) is 4.90 Å². The van der Waals surface area contributed by atoms with Crippen LogP contribution in [0.1, 0.15) is 20.8 Å². The van der Waals surface area contributed by atoms with Gasteiger partial charge in [0, 0.05) is 46.8 Å². The molecule has 0 N–H and O–H groups in total. The highest BCUT2D eigenvalue weighted by Crippen LogP contribution is 2.16. The molecule has 0 radical (unpaired) electrons. The van der Waals surface area contributed by atoms with E-state index in [4.69, 9.17) is 0 Å². The number of urea groups is 1.